The second-order valence-corrected chi connectivity index (χ2v) is 4.84. The molecule has 0 radical (unpaired) electrons. The number of hydrogen-bond donors (Lipinski definition) is 1. The largest absolute Gasteiger partial charge is 0.573 e. The van der Waals surface area contributed by atoms with Gasteiger partial charge in [-0.2, -0.15) is 0 Å². The molecule has 0 saturated heterocycles. The molecule has 1 unspecified atom stereocenters. The lowest BCUT2D eigenvalue weighted by molar-refractivity contribution is -0.274. The van der Waals surface area contributed by atoms with Gasteiger partial charge in [0, 0.05) is 17.0 Å². The van der Waals surface area contributed by atoms with Crippen LogP contribution in [0.4, 0.5) is 13.2 Å². The summed E-state index contributed by atoms with van der Waals surface area (Å²) in [6, 6.07) is 12.6. The van der Waals surface area contributed by atoms with E-state index in [9.17, 15) is 18.3 Å². The Hall–Kier alpha value is -1.72. The van der Waals surface area contributed by atoms with Crippen molar-refractivity contribution in [2.24, 2.45) is 0 Å². The average molecular weight is 317 g/mol. The summed E-state index contributed by atoms with van der Waals surface area (Å²) in [5.74, 6) is -0.408. The highest BCUT2D eigenvalue weighted by atomic mass is 35.5. The van der Waals surface area contributed by atoms with Crippen LogP contribution in [0.25, 0.3) is 0 Å². The smallest absolute Gasteiger partial charge is 0.406 e. The van der Waals surface area contributed by atoms with Gasteiger partial charge in [0.15, 0.2) is 0 Å². The first kappa shape index (κ1) is 15.7. The first-order valence-corrected chi connectivity index (χ1v) is 6.50. The van der Waals surface area contributed by atoms with Crippen LogP contribution in [0, 0.1) is 0 Å². The third-order valence-electron chi connectivity index (χ3n) is 2.83. The SMILES string of the molecule is OC(Cc1ccccc1)c1cc(OC(F)(F)F)ccc1Cl. The van der Waals surface area contributed by atoms with Gasteiger partial charge in [-0.25, -0.2) is 0 Å². The predicted octanol–water partition coefficient (Wildman–Crippen LogP) is 4.51. The number of aliphatic hydroxyl groups excluding tert-OH is 1. The fraction of sp³-hybridized carbons (Fsp3) is 0.200. The molecular formula is C15H12ClF3O2. The summed E-state index contributed by atoms with van der Waals surface area (Å²) in [6.07, 6.45) is -5.55. The summed E-state index contributed by atoms with van der Waals surface area (Å²) in [5.41, 5.74) is 1.05. The normalized spacial score (nSPS) is 13.0. The molecule has 0 aliphatic rings. The van der Waals surface area contributed by atoms with Gasteiger partial charge in [0.05, 0.1) is 6.10 Å². The molecule has 0 aliphatic heterocycles. The standard InChI is InChI=1S/C15H12ClF3O2/c16-13-7-6-11(21-15(17,18)19)9-12(13)14(20)8-10-4-2-1-3-5-10/h1-7,9,14,20H,8H2. The van der Waals surface area contributed by atoms with Crippen molar-refractivity contribution < 1.29 is 23.0 Å². The quantitative estimate of drug-likeness (QED) is 0.899. The lowest BCUT2D eigenvalue weighted by atomic mass is 10.0. The summed E-state index contributed by atoms with van der Waals surface area (Å²) < 4.78 is 40.4. The number of halogens is 4. The van der Waals surface area contributed by atoms with Crippen molar-refractivity contribution in [2.45, 2.75) is 18.9 Å². The summed E-state index contributed by atoms with van der Waals surface area (Å²) in [7, 11) is 0. The van der Waals surface area contributed by atoms with Crippen LogP contribution >= 0.6 is 11.6 Å². The number of benzene rings is 2. The molecule has 0 heterocycles. The van der Waals surface area contributed by atoms with E-state index in [2.05, 4.69) is 4.74 Å². The molecule has 0 aliphatic carbocycles. The summed E-state index contributed by atoms with van der Waals surface area (Å²) in [5, 5.41) is 10.3. The molecule has 2 nitrogen and oxygen atoms in total. The maximum absolute atomic E-state index is 12.2. The molecule has 2 rings (SSSR count). The van der Waals surface area contributed by atoms with Crippen molar-refractivity contribution in [2.75, 3.05) is 0 Å². The predicted molar refractivity (Wildman–Crippen MR) is 73.2 cm³/mol. The van der Waals surface area contributed by atoms with Crippen LogP contribution < -0.4 is 4.74 Å². The van der Waals surface area contributed by atoms with E-state index in [1.807, 2.05) is 30.3 Å². The van der Waals surface area contributed by atoms with Gasteiger partial charge in [-0.15, -0.1) is 13.2 Å². The van der Waals surface area contributed by atoms with Crippen molar-refractivity contribution >= 4 is 11.6 Å². The first-order valence-electron chi connectivity index (χ1n) is 6.12. The molecule has 6 heteroatoms. The molecule has 21 heavy (non-hydrogen) atoms. The zero-order chi connectivity index (χ0) is 15.5. The van der Waals surface area contributed by atoms with Crippen LogP contribution in [0.5, 0.6) is 5.75 Å². The van der Waals surface area contributed by atoms with Gasteiger partial charge in [0.2, 0.25) is 0 Å². The summed E-state index contributed by atoms with van der Waals surface area (Å²) in [4.78, 5) is 0. The van der Waals surface area contributed by atoms with E-state index in [0.29, 0.717) is 0 Å². The molecule has 0 amide bonds. The van der Waals surface area contributed by atoms with Crippen molar-refractivity contribution in [1.82, 2.24) is 0 Å². The molecule has 112 valence electrons. The Morgan fingerprint density at radius 1 is 1.10 bits per heavy atom. The molecule has 1 atom stereocenters. The van der Waals surface area contributed by atoms with Crippen molar-refractivity contribution in [3.05, 3.63) is 64.7 Å². The van der Waals surface area contributed by atoms with Gasteiger partial charge in [0.1, 0.15) is 5.75 Å². The van der Waals surface area contributed by atoms with E-state index in [1.165, 1.54) is 6.07 Å². The van der Waals surface area contributed by atoms with Crippen molar-refractivity contribution in [1.29, 1.82) is 0 Å². The number of aliphatic hydroxyl groups is 1. The van der Waals surface area contributed by atoms with Gasteiger partial charge in [0.25, 0.3) is 0 Å². The lowest BCUT2D eigenvalue weighted by Gasteiger charge is -2.15. The Balaban J connectivity index is 2.20. The van der Waals surface area contributed by atoms with Crippen molar-refractivity contribution in [3.8, 4) is 5.75 Å². The van der Waals surface area contributed by atoms with E-state index >= 15 is 0 Å². The minimum atomic E-state index is -4.78. The number of hydrogen-bond acceptors (Lipinski definition) is 2. The van der Waals surface area contributed by atoms with Gasteiger partial charge in [-0.05, 0) is 23.8 Å². The third-order valence-corrected chi connectivity index (χ3v) is 3.18. The first-order chi connectivity index (χ1) is 9.85. The number of rotatable bonds is 4. The highest BCUT2D eigenvalue weighted by molar-refractivity contribution is 6.31. The van der Waals surface area contributed by atoms with Crippen LogP contribution in [-0.2, 0) is 6.42 Å². The van der Waals surface area contributed by atoms with Gasteiger partial charge >= 0.3 is 6.36 Å². The molecule has 0 aromatic heterocycles. The molecule has 0 spiro atoms. The Bertz CT molecular complexity index is 600. The van der Waals surface area contributed by atoms with E-state index < -0.39 is 18.2 Å². The third kappa shape index (κ3) is 4.65. The maximum atomic E-state index is 12.2. The van der Waals surface area contributed by atoms with Gasteiger partial charge < -0.3 is 9.84 Å². The monoisotopic (exact) mass is 316 g/mol. The molecule has 0 fully saturated rings. The lowest BCUT2D eigenvalue weighted by Crippen LogP contribution is -2.17. The minimum absolute atomic E-state index is 0.188. The Labute approximate surface area is 124 Å². The Morgan fingerprint density at radius 2 is 1.76 bits per heavy atom. The maximum Gasteiger partial charge on any atom is 0.573 e. The van der Waals surface area contributed by atoms with E-state index in [-0.39, 0.29) is 17.0 Å². The summed E-state index contributed by atoms with van der Waals surface area (Å²) in [6.45, 7) is 0. The van der Waals surface area contributed by atoms with Crippen molar-refractivity contribution in [3.63, 3.8) is 0 Å². The van der Waals surface area contributed by atoms with Crippen LogP contribution in [-0.4, -0.2) is 11.5 Å². The van der Waals surface area contributed by atoms with E-state index in [1.54, 1.807) is 0 Å². The minimum Gasteiger partial charge on any atom is -0.406 e. The molecule has 1 N–H and O–H groups in total. The van der Waals surface area contributed by atoms with E-state index in [4.69, 9.17) is 11.6 Å². The number of alkyl halides is 3. The second kappa shape index (κ2) is 6.37. The van der Waals surface area contributed by atoms with Gasteiger partial charge in [-0.1, -0.05) is 41.9 Å². The van der Waals surface area contributed by atoms with Crippen LogP contribution in [0.2, 0.25) is 5.02 Å². The highest BCUT2D eigenvalue weighted by Crippen LogP contribution is 2.31. The molecule has 2 aromatic rings. The summed E-state index contributed by atoms with van der Waals surface area (Å²) >= 11 is 5.93. The van der Waals surface area contributed by atoms with Crippen LogP contribution in [0.1, 0.15) is 17.2 Å². The molecule has 0 saturated carbocycles. The number of ether oxygens (including phenoxy) is 1. The Morgan fingerprint density at radius 3 is 2.38 bits per heavy atom. The van der Waals surface area contributed by atoms with Crippen LogP contribution in [0.15, 0.2) is 48.5 Å². The zero-order valence-corrected chi connectivity index (χ0v) is 11.5. The zero-order valence-electron chi connectivity index (χ0n) is 10.8. The second-order valence-electron chi connectivity index (χ2n) is 4.44. The van der Waals surface area contributed by atoms with E-state index in [0.717, 1.165) is 17.7 Å². The average Bonchev–Trinajstić information content (AvgIpc) is 2.40. The molecule has 0 bridgehead atoms. The highest BCUT2D eigenvalue weighted by Gasteiger charge is 2.31. The topological polar surface area (TPSA) is 29.5 Å². The molecular weight excluding hydrogens is 305 g/mol. The van der Waals surface area contributed by atoms with Gasteiger partial charge in [-0.3, -0.25) is 0 Å². The Kier molecular flexibility index (Phi) is 4.75. The fourth-order valence-electron chi connectivity index (χ4n) is 1.92. The van der Waals surface area contributed by atoms with Crippen LogP contribution in [0.3, 0.4) is 0 Å². The molecule has 2 aromatic carbocycles. The fourth-order valence-corrected chi connectivity index (χ4v) is 2.17.